The zero-order valence-corrected chi connectivity index (χ0v) is 12.5. The van der Waals surface area contributed by atoms with E-state index in [0.29, 0.717) is 0 Å². The molecule has 1 atom stereocenters. The van der Waals surface area contributed by atoms with E-state index in [1.54, 1.807) is 0 Å². The second-order valence-corrected chi connectivity index (χ2v) is 5.66. The molecule has 0 amide bonds. The average Bonchev–Trinajstić information content (AvgIpc) is 2.55. The molecule has 0 aromatic heterocycles. The Morgan fingerprint density at radius 3 is 2.50 bits per heavy atom. The fraction of sp³-hybridized carbons (Fsp3) is 0.100. The smallest absolute Gasteiger partial charge is 0.150 e. The Morgan fingerprint density at radius 1 is 0.909 bits per heavy atom. The maximum absolute atomic E-state index is 5.95. The van der Waals surface area contributed by atoms with Crippen molar-refractivity contribution >= 4 is 16.5 Å². The Morgan fingerprint density at radius 2 is 1.64 bits per heavy atom. The van der Waals surface area contributed by atoms with Gasteiger partial charge in [0.15, 0.2) is 0 Å². The van der Waals surface area contributed by atoms with Crippen LogP contribution in [0.3, 0.4) is 0 Å². The summed E-state index contributed by atoms with van der Waals surface area (Å²) in [5.74, 6) is 1.63. The molecule has 108 valence electrons. The molecule has 3 aromatic rings. The first-order chi connectivity index (χ1) is 10.7. The maximum atomic E-state index is 5.95. The van der Waals surface area contributed by atoms with E-state index in [9.17, 15) is 0 Å². The zero-order valence-electron chi connectivity index (χ0n) is 12.5. The molecule has 0 saturated carbocycles. The van der Waals surface area contributed by atoms with Crippen LogP contribution in [0.1, 0.15) is 11.6 Å². The van der Waals surface area contributed by atoms with Crippen molar-refractivity contribution in [3.63, 3.8) is 0 Å². The number of rotatable bonds is 1. The van der Waals surface area contributed by atoms with E-state index in [1.807, 2.05) is 18.2 Å². The second-order valence-electron chi connectivity index (χ2n) is 5.66. The topological polar surface area (TPSA) is 12.5 Å². The molecule has 22 heavy (non-hydrogen) atoms. The van der Waals surface area contributed by atoms with Crippen molar-refractivity contribution in [1.82, 2.24) is 0 Å². The van der Waals surface area contributed by atoms with Crippen LogP contribution in [0.15, 0.2) is 79.1 Å². The Bertz CT molecular complexity index is 868. The van der Waals surface area contributed by atoms with E-state index in [-0.39, 0.29) is 6.04 Å². The lowest BCUT2D eigenvalue weighted by atomic mass is 9.98. The van der Waals surface area contributed by atoms with Crippen LogP contribution in [-0.4, -0.2) is 7.05 Å². The fourth-order valence-electron chi connectivity index (χ4n) is 3.17. The first-order valence-electron chi connectivity index (χ1n) is 7.41. The molecule has 1 aliphatic heterocycles. The lowest BCUT2D eigenvalue weighted by Crippen LogP contribution is -2.31. The highest BCUT2D eigenvalue weighted by molar-refractivity contribution is 5.83. The predicted molar refractivity (Wildman–Crippen MR) is 91.3 cm³/mol. The Kier molecular flexibility index (Phi) is 2.90. The third-order valence-corrected chi connectivity index (χ3v) is 4.27. The predicted octanol–water partition coefficient (Wildman–Crippen LogP) is 4.92. The van der Waals surface area contributed by atoms with Gasteiger partial charge in [-0.15, -0.1) is 0 Å². The van der Waals surface area contributed by atoms with E-state index in [2.05, 4.69) is 67.1 Å². The fourth-order valence-corrected chi connectivity index (χ4v) is 3.17. The number of ether oxygens (including phenoxy) is 1. The molecular formula is C20H17NO. The third-order valence-electron chi connectivity index (χ3n) is 4.27. The molecule has 1 heterocycles. The number of benzene rings is 3. The maximum Gasteiger partial charge on any atom is 0.150 e. The average molecular weight is 287 g/mol. The van der Waals surface area contributed by atoms with Gasteiger partial charge in [-0.2, -0.15) is 0 Å². The van der Waals surface area contributed by atoms with Crippen molar-refractivity contribution in [3.8, 4) is 5.75 Å². The van der Waals surface area contributed by atoms with Gasteiger partial charge in [-0.25, -0.2) is 0 Å². The molecular weight excluding hydrogens is 270 g/mol. The van der Waals surface area contributed by atoms with E-state index < -0.39 is 0 Å². The minimum Gasteiger partial charge on any atom is -0.458 e. The third kappa shape index (κ3) is 1.96. The van der Waals surface area contributed by atoms with E-state index in [1.165, 1.54) is 16.3 Å². The molecule has 3 aromatic carbocycles. The van der Waals surface area contributed by atoms with Gasteiger partial charge in [0.1, 0.15) is 17.6 Å². The van der Waals surface area contributed by atoms with E-state index in [4.69, 9.17) is 4.74 Å². The van der Waals surface area contributed by atoms with Crippen molar-refractivity contribution in [1.29, 1.82) is 0 Å². The summed E-state index contributed by atoms with van der Waals surface area (Å²) in [6.45, 7) is 4.14. The van der Waals surface area contributed by atoms with Crippen molar-refractivity contribution < 1.29 is 4.74 Å². The summed E-state index contributed by atoms with van der Waals surface area (Å²) >= 11 is 0. The highest BCUT2D eigenvalue weighted by Crippen LogP contribution is 2.42. The summed E-state index contributed by atoms with van der Waals surface area (Å²) in [5.41, 5.74) is 2.29. The molecule has 0 radical (unpaired) electrons. The molecule has 1 aliphatic rings. The lowest BCUT2D eigenvalue weighted by molar-refractivity contribution is 0.363. The molecule has 0 N–H and O–H groups in total. The van der Waals surface area contributed by atoms with Crippen LogP contribution < -0.4 is 9.64 Å². The minimum absolute atomic E-state index is 0.0273. The quantitative estimate of drug-likeness (QED) is 0.629. The number of hydrogen-bond acceptors (Lipinski definition) is 2. The number of anilines is 1. The minimum atomic E-state index is 0.0273. The highest BCUT2D eigenvalue weighted by atomic mass is 16.5. The molecule has 0 unspecified atom stereocenters. The van der Waals surface area contributed by atoms with Crippen LogP contribution in [0, 0.1) is 0 Å². The summed E-state index contributed by atoms with van der Waals surface area (Å²) < 4.78 is 5.95. The van der Waals surface area contributed by atoms with Crippen LogP contribution in [0.4, 0.5) is 5.69 Å². The summed E-state index contributed by atoms with van der Waals surface area (Å²) in [4.78, 5) is 2.23. The summed E-state index contributed by atoms with van der Waals surface area (Å²) in [5, 5.41) is 2.48. The van der Waals surface area contributed by atoms with Gasteiger partial charge in [0.25, 0.3) is 0 Å². The van der Waals surface area contributed by atoms with Gasteiger partial charge in [-0.1, -0.05) is 55.1 Å². The van der Waals surface area contributed by atoms with E-state index in [0.717, 1.165) is 17.2 Å². The molecule has 0 aliphatic carbocycles. The van der Waals surface area contributed by atoms with Gasteiger partial charge in [-0.3, -0.25) is 0 Å². The van der Waals surface area contributed by atoms with Crippen molar-refractivity contribution in [2.75, 3.05) is 11.9 Å². The van der Waals surface area contributed by atoms with Gasteiger partial charge in [0, 0.05) is 7.05 Å². The van der Waals surface area contributed by atoms with Gasteiger partial charge >= 0.3 is 0 Å². The molecule has 0 fully saturated rings. The van der Waals surface area contributed by atoms with Crippen LogP contribution in [0.5, 0.6) is 5.75 Å². The molecule has 2 heteroatoms. The summed E-state index contributed by atoms with van der Waals surface area (Å²) in [7, 11) is 2.09. The van der Waals surface area contributed by atoms with Crippen LogP contribution in [-0.2, 0) is 0 Å². The van der Waals surface area contributed by atoms with Crippen LogP contribution >= 0.6 is 0 Å². The SMILES string of the molecule is C=C1Oc2ccccc2N(C)[C@H]1c1ccc2ccccc2c1. The summed E-state index contributed by atoms with van der Waals surface area (Å²) in [6.07, 6.45) is 0. The number of para-hydroxylation sites is 2. The zero-order chi connectivity index (χ0) is 15.1. The van der Waals surface area contributed by atoms with Crippen molar-refractivity contribution in [2.24, 2.45) is 0 Å². The lowest BCUT2D eigenvalue weighted by Gasteiger charge is -2.37. The Labute approximate surface area is 130 Å². The molecule has 0 spiro atoms. The van der Waals surface area contributed by atoms with Crippen molar-refractivity contribution in [3.05, 3.63) is 84.6 Å². The van der Waals surface area contributed by atoms with Crippen LogP contribution in [0.25, 0.3) is 10.8 Å². The normalized spacial score (nSPS) is 17.2. The van der Waals surface area contributed by atoms with Gasteiger partial charge in [0.05, 0.1) is 5.69 Å². The molecule has 4 rings (SSSR count). The Hall–Kier alpha value is -2.74. The van der Waals surface area contributed by atoms with Crippen LogP contribution in [0.2, 0.25) is 0 Å². The van der Waals surface area contributed by atoms with Gasteiger partial charge < -0.3 is 9.64 Å². The standard InChI is InChI=1S/C20H17NO/c1-14-20(21(2)18-9-5-6-10-19(18)22-14)17-12-11-15-7-3-4-8-16(15)13-17/h3-13,20H,1H2,2H3/t20-/m1/s1. The molecule has 2 nitrogen and oxygen atoms in total. The number of hydrogen-bond donors (Lipinski definition) is 0. The monoisotopic (exact) mass is 287 g/mol. The number of likely N-dealkylation sites (N-methyl/N-ethyl adjacent to an activating group) is 1. The molecule has 0 bridgehead atoms. The van der Waals surface area contributed by atoms with Gasteiger partial charge in [0.2, 0.25) is 0 Å². The number of fused-ring (bicyclic) bond motifs is 2. The first kappa shape index (κ1) is 13.0. The van der Waals surface area contributed by atoms with Gasteiger partial charge in [-0.05, 0) is 34.5 Å². The molecule has 0 saturated heterocycles. The number of nitrogens with zero attached hydrogens (tertiary/aromatic N) is 1. The van der Waals surface area contributed by atoms with E-state index >= 15 is 0 Å². The van der Waals surface area contributed by atoms with Crippen molar-refractivity contribution in [2.45, 2.75) is 6.04 Å². The summed E-state index contributed by atoms with van der Waals surface area (Å²) in [6, 6.07) is 23.0. The highest BCUT2D eigenvalue weighted by Gasteiger charge is 2.29. The Balaban J connectivity index is 1.82. The second kappa shape index (κ2) is 4.92. The first-order valence-corrected chi connectivity index (χ1v) is 7.41. The largest absolute Gasteiger partial charge is 0.458 e.